The second-order valence-electron chi connectivity index (χ2n) is 16.6. The molecule has 6 nitrogen and oxygen atoms in total. The quantitative estimate of drug-likeness (QED) is 0.275. The number of hydrogen-bond acceptors (Lipinski definition) is 3. The third-order valence-corrected chi connectivity index (χ3v) is 11.3. The number of carbonyl (C=O) groups is 3. The zero-order valence-corrected chi connectivity index (χ0v) is 28.8. The van der Waals surface area contributed by atoms with E-state index in [-0.39, 0.29) is 46.4 Å². The molecule has 1 aromatic rings. The van der Waals surface area contributed by atoms with E-state index in [1.165, 1.54) is 12.8 Å². The molecule has 1 aromatic carbocycles. The SMILES string of the molecule is CCC[C@H]1CC[C@@H](NC(=O)c2cc(NC(=O)C3CCC(C(C)(C)C)CC3)cc(NC(=O)C3CCC(C(C)(C)C)CC3)c2)CC1. The number of anilines is 2. The minimum absolute atomic E-state index is 0.0157. The van der Waals surface area contributed by atoms with Crippen molar-refractivity contribution in [3.8, 4) is 0 Å². The molecule has 0 spiro atoms. The van der Waals surface area contributed by atoms with Crippen LogP contribution < -0.4 is 16.0 Å². The van der Waals surface area contributed by atoms with E-state index in [0.29, 0.717) is 28.8 Å². The van der Waals surface area contributed by atoms with Gasteiger partial charge in [-0.25, -0.2) is 0 Å². The Hall–Kier alpha value is -2.37. The van der Waals surface area contributed by atoms with Gasteiger partial charge in [0, 0.05) is 34.8 Å². The fraction of sp³-hybridized carbons (Fsp3) is 0.763. The van der Waals surface area contributed by atoms with Gasteiger partial charge in [0.2, 0.25) is 11.8 Å². The van der Waals surface area contributed by atoms with E-state index in [2.05, 4.69) is 64.4 Å². The summed E-state index contributed by atoms with van der Waals surface area (Å²) in [6.45, 7) is 16.0. The molecular weight excluding hydrogens is 546 g/mol. The van der Waals surface area contributed by atoms with Crippen LogP contribution in [0.2, 0.25) is 0 Å². The van der Waals surface area contributed by atoms with Gasteiger partial charge in [0.15, 0.2) is 0 Å². The standard InChI is InChI=1S/C38H61N3O3/c1-8-9-25-10-20-31(21-11-25)39-36(44)28-22-32(40-34(42)26-12-16-29(17-13-26)37(2,3)4)24-33(23-28)41-35(43)27-14-18-30(19-15-27)38(5,6)7/h22-27,29-31H,8-21H2,1-7H3,(H,39,44)(H,40,42)(H,41,43)/t25-,26?,27?,29?,30?,31+. The first-order valence-electron chi connectivity index (χ1n) is 17.8. The molecule has 0 unspecified atom stereocenters. The summed E-state index contributed by atoms with van der Waals surface area (Å²) in [5.41, 5.74) is 2.18. The van der Waals surface area contributed by atoms with Gasteiger partial charge in [0.05, 0.1) is 0 Å². The second kappa shape index (κ2) is 14.8. The van der Waals surface area contributed by atoms with E-state index in [9.17, 15) is 14.4 Å². The van der Waals surface area contributed by atoms with Crippen molar-refractivity contribution >= 4 is 29.1 Å². The van der Waals surface area contributed by atoms with Gasteiger partial charge < -0.3 is 16.0 Å². The van der Waals surface area contributed by atoms with Crippen molar-refractivity contribution < 1.29 is 14.4 Å². The number of hydrogen-bond donors (Lipinski definition) is 3. The molecule has 3 aliphatic rings. The summed E-state index contributed by atoms with van der Waals surface area (Å²) in [7, 11) is 0. The smallest absolute Gasteiger partial charge is 0.251 e. The van der Waals surface area contributed by atoms with Gasteiger partial charge in [0.1, 0.15) is 0 Å². The Morgan fingerprint density at radius 2 is 1.07 bits per heavy atom. The maximum atomic E-state index is 13.5. The van der Waals surface area contributed by atoms with Gasteiger partial charge in [-0.05, 0) is 124 Å². The summed E-state index contributed by atoms with van der Waals surface area (Å²) in [4.78, 5) is 40.3. The number of nitrogens with one attached hydrogen (secondary N) is 3. The molecule has 3 aliphatic carbocycles. The highest BCUT2D eigenvalue weighted by Gasteiger charge is 2.34. The number of benzene rings is 1. The first-order valence-corrected chi connectivity index (χ1v) is 17.8. The molecule has 0 radical (unpaired) electrons. The Balaban J connectivity index is 1.45. The van der Waals surface area contributed by atoms with Crippen molar-refractivity contribution in [1.29, 1.82) is 0 Å². The molecule has 4 rings (SSSR count). The minimum atomic E-state index is -0.132. The topological polar surface area (TPSA) is 87.3 Å². The molecule has 6 heteroatoms. The van der Waals surface area contributed by atoms with Gasteiger partial charge in [-0.15, -0.1) is 0 Å². The first kappa shape index (κ1) is 34.5. The highest BCUT2D eigenvalue weighted by molar-refractivity contribution is 6.01. The van der Waals surface area contributed by atoms with Gasteiger partial charge in [0.25, 0.3) is 5.91 Å². The number of carbonyl (C=O) groups excluding carboxylic acids is 3. The summed E-state index contributed by atoms with van der Waals surface area (Å²) in [6, 6.07) is 5.55. The molecule has 3 amide bonds. The Labute approximate surface area is 267 Å². The van der Waals surface area contributed by atoms with Crippen LogP contribution in [0.5, 0.6) is 0 Å². The molecule has 246 valence electrons. The zero-order valence-electron chi connectivity index (χ0n) is 28.8. The lowest BCUT2D eigenvalue weighted by Gasteiger charge is -2.36. The monoisotopic (exact) mass is 607 g/mol. The lowest BCUT2D eigenvalue weighted by molar-refractivity contribution is -0.122. The van der Waals surface area contributed by atoms with E-state index < -0.39 is 0 Å². The Bertz CT molecular complexity index is 1060. The van der Waals surface area contributed by atoms with Crippen LogP contribution >= 0.6 is 0 Å². The molecule has 3 saturated carbocycles. The first-order chi connectivity index (χ1) is 20.7. The molecule has 0 aliphatic heterocycles. The van der Waals surface area contributed by atoms with Crippen LogP contribution in [0.15, 0.2) is 18.2 Å². The average molecular weight is 608 g/mol. The van der Waals surface area contributed by atoms with Crippen molar-refractivity contribution in [2.75, 3.05) is 10.6 Å². The normalized spacial score (nSPS) is 28.2. The van der Waals surface area contributed by atoms with Crippen LogP contribution in [0.25, 0.3) is 0 Å². The Kier molecular flexibility index (Phi) is 11.6. The predicted molar refractivity (Wildman–Crippen MR) is 182 cm³/mol. The summed E-state index contributed by atoms with van der Waals surface area (Å²) >= 11 is 0. The second-order valence-corrected chi connectivity index (χ2v) is 16.6. The van der Waals surface area contributed by atoms with Crippen LogP contribution in [-0.4, -0.2) is 23.8 Å². The van der Waals surface area contributed by atoms with Crippen LogP contribution in [0, 0.1) is 40.4 Å². The summed E-state index contributed by atoms with van der Waals surface area (Å²) in [6.07, 6.45) is 14.6. The van der Waals surface area contributed by atoms with E-state index >= 15 is 0 Å². The maximum absolute atomic E-state index is 13.5. The van der Waals surface area contributed by atoms with Crippen molar-refractivity contribution in [1.82, 2.24) is 5.32 Å². The summed E-state index contributed by atoms with van der Waals surface area (Å²) in [5, 5.41) is 9.52. The van der Waals surface area contributed by atoms with Crippen molar-refractivity contribution in [2.45, 2.75) is 144 Å². The van der Waals surface area contributed by atoms with Gasteiger partial charge in [-0.2, -0.15) is 0 Å². The van der Waals surface area contributed by atoms with Gasteiger partial charge >= 0.3 is 0 Å². The van der Waals surface area contributed by atoms with Crippen LogP contribution in [0.3, 0.4) is 0 Å². The molecular formula is C38H61N3O3. The van der Waals surface area contributed by atoms with Crippen molar-refractivity contribution in [3.05, 3.63) is 23.8 Å². The van der Waals surface area contributed by atoms with Crippen LogP contribution in [0.1, 0.15) is 149 Å². The fourth-order valence-corrected chi connectivity index (χ4v) is 8.11. The Morgan fingerprint density at radius 3 is 1.45 bits per heavy atom. The third kappa shape index (κ3) is 9.57. The maximum Gasteiger partial charge on any atom is 0.251 e. The highest BCUT2D eigenvalue weighted by atomic mass is 16.2. The number of rotatable bonds is 8. The highest BCUT2D eigenvalue weighted by Crippen LogP contribution is 2.41. The van der Waals surface area contributed by atoms with E-state index in [1.54, 1.807) is 12.1 Å². The van der Waals surface area contributed by atoms with Crippen LogP contribution in [-0.2, 0) is 9.59 Å². The van der Waals surface area contributed by atoms with E-state index in [1.807, 2.05) is 6.07 Å². The molecule has 0 bridgehead atoms. The summed E-state index contributed by atoms with van der Waals surface area (Å²) < 4.78 is 0. The van der Waals surface area contributed by atoms with Crippen molar-refractivity contribution in [2.24, 2.45) is 40.4 Å². The Morgan fingerprint density at radius 1 is 0.636 bits per heavy atom. The average Bonchev–Trinajstić information content (AvgIpc) is 2.97. The number of amides is 3. The predicted octanol–water partition coefficient (Wildman–Crippen LogP) is 9.36. The van der Waals surface area contributed by atoms with E-state index in [4.69, 9.17) is 0 Å². The molecule has 3 fully saturated rings. The molecule has 0 saturated heterocycles. The molecule has 0 aromatic heterocycles. The molecule has 44 heavy (non-hydrogen) atoms. The molecule has 3 N–H and O–H groups in total. The lowest BCUT2D eigenvalue weighted by atomic mass is 9.69. The van der Waals surface area contributed by atoms with Crippen molar-refractivity contribution in [3.63, 3.8) is 0 Å². The van der Waals surface area contributed by atoms with Gasteiger partial charge in [-0.3, -0.25) is 14.4 Å². The zero-order chi connectivity index (χ0) is 32.1. The lowest BCUT2D eigenvalue weighted by Crippen LogP contribution is -2.37. The van der Waals surface area contributed by atoms with Gasteiger partial charge in [-0.1, -0.05) is 61.3 Å². The largest absolute Gasteiger partial charge is 0.349 e. The van der Waals surface area contributed by atoms with E-state index in [0.717, 1.165) is 83.0 Å². The minimum Gasteiger partial charge on any atom is -0.349 e. The molecule has 0 atom stereocenters. The van der Waals surface area contributed by atoms with Crippen LogP contribution in [0.4, 0.5) is 11.4 Å². The molecule has 0 heterocycles. The third-order valence-electron chi connectivity index (χ3n) is 11.3. The fourth-order valence-electron chi connectivity index (χ4n) is 8.11. The summed E-state index contributed by atoms with van der Waals surface area (Å²) in [5.74, 6) is 1.88.